The third kappa shape index (κ3) is 4.46. The minimum atomic E-state index is -0.923. The Kier molecular flexibility index (Phi) is 6.95. The highest BCUT2D eigenvalue weighted by atomic mass is 28.3. The standard InChI is InChI=1S/C10H23NOSi/c1-4-13(5-2,6-3)9-7-8-11-10-12/h10H,4-9H2,1-3H3,(H,11,12). The predicted octanol–water partition coefficient (Wildman–Crippen LogP) is 2.63. The normalized spacial score (nSPS) is 11.3. The second-order valence-corrected chi connectivity index (χ2v) is 9.36. The van der Waals surface area contributed by atoms with Crippen molar-refractivity contribution < 1.29 is 4.79 Å². The quantitative estimate of drug-likeness (QED) is 0.365. The fourth-order valence-corrected chi connectivity index (χ4v) is 5.39. The Morgan fingerprint density at radius 1 is 1.15 bits per heavy atom. The van der Waals surface area contributed by atoms with Gasteiger partial charge in [0, 0.05) is 6.54 Å². The lowest BCUT2D eigenvalue weighted by molar-refractivity contribution is -0.109. The van der Waals surface area contributed by atoms with E-state index in [4.69, 9.17) is 0 Å². The van der Waals surface area contributed by atoms with Crippen molar-refractivity contribution >= 4 is 14.5 Å². The molecule has 1 N–H and O–H groups in total. The molecular formula is C10H23NOSi. The first-order valence-electron chi connectivity index (χ1n) is 5.41. The van der Waals surface area contributed by atoms with Gasteiger partial charge in [-0.3, -0.25) is 4.79 Å². The van der Waals surface area contributed by atoms with E-state index in [0.717, 1.165) is 13.0 Å². The molecule has 0 spiro atoms. The number of carbonyl (C=O) groups excluding carboxylic acids is 1. The van der Waals surface area contributed by atoms with E-state index >= 15 is 0 Å². The number of rotatable bonds is 8. The fourth-order valence-electron chi connectivity index (χ4n) is 1.90. The van der Waals surface area contributed by atoms with E-state index in [0.29, 0.717) is 0 Å². The molecule has 3 heteroatoms. The van der Waals surface area contributed by atoms with E-state index in [1.165, 1.54) is 30.6 Å². The maximum atomic E-state index is 10.0. The van der Waals surface area contributed by atoms with E-state index in [1.807, 2.05) is 0 Å². The van der Waals surface area contributed by atoms with Gasteiger partial charge in [-0.05, 0) is 6.42 Å². The van der Waals surface area contributed by atoms with E-state index in [9.17, 15) is 4.79 Å². The molecule has 0 aliphatic rings. The Morgan fingerprint density at radius 2 is 1.69 bits per heavy atom. The van der Waals surface area contributed by atoms with Crippen LogP contribution in [0, 0.1) is 0 Å². The minimum absolute atomic E-state index is 0.799. The van der Waals surface area contributed by atoms with Gasteiger partial charge in [-0.25, -0.2) is 0 Å². The number of hydrogen-bond donors (Lipinski definition) is 1. The molecule has 0 fully saturated rings. The average molecular weight is 201 g/mol. The van der Waals surface area contributed by atoms with Crippen molar-refractivity contribution in [2.75, 3.05) is 6.54 Å². The van der Waals surface area contributed by atoms with Crippen LogP contribution in [-0.4, -0.2) is 21.0 Å². The molecule has 13 heavy (non-hydrogen) atoms. The molecule has 0 aromatic heterocycles. The number of amides is 1. The molecule has 0 aliphatic carbocycles. The summed E-state index contributed by atoms with van der Waals surface area (Å²) in [6.45, 7) is 7.84. The van der Waals surface area contributed by atoms with Crippen molar-refractivity contribution in [1.29, 1.82) is 0 Å². The van der Waals surface area contributed by atoms with Gasteiger partial charge in [0.2, 0.25) is 6.41 Å². The third-order valence-corrected chi connectivity index (χ3v) is 9.28. The van der Waals surface area contributed by atoms with Crippen LogP contribution in [0.15, 0.2) is 0 Å². The van der Waals surface area contributed by atoms with Crippen molar-refractivity contribution in [1.82, 2.24) is 5.32 Å². The first-order chi connectivity index (χ1) is 6.24. The second kappa shape index (κ2) is 7.13. The Balaban J connectivity index is 3.74. The smallest absolute Gasteiger partial charge is 0.207 e. The zero-order chi connectivity index (χ0) is 10.2. The van der Waals surface area contributed by atoms with Crippen LogP contribution in [0.1, 0.15) is 27.2 Å². The summed E-state index contributed by atoms with van der Waals surface area (Å²) in [6.07, 6.45) is 1.97. The molecule has 0 unspecified atom stereocenters. The van der Waals surface area contributed by atoms with Gasteiger partial charge in [0.15, 0.2) is 0 Å². The molecule has 0 radical (unpaired) electrons. The zero-order valence-electron chi connectivity index (χ0n) is 9.23. The maximum Gasteiger partial charge on any atom is 0.207 e. The summed E-state index contributed by atoms with van der Waals surface area (Å²) in [4.78, 5) is 10.0. The van der Waals surface area contributed by atoms with Crippen LogP contribution in [-0.2, 0) is 4.79 Å². The Bertz CT molecular complexity index is 127. The topological polar surface area (TPSA) is 29.1 Å². The monoisotopic (exact) mass is 201 g/mol. The molecule has 0 saturated heterocycles. The summed E-state index contributed by atoms with van der Waals surface area (Å²) < 4.78 is 0. The van der Waals surface area contributed by atoms with Crippen molar-refractivity contribution in [2.24, 2.45) is 0 Å². The summed E-state index contributed by atoms with van der Waals surface area (Å²) in [7, 11) is -0.923. The van der Waals surface area contributed by atoms with Crippen LogP contribution < -0.4 is 5.32 Å². The molecule has 0 atom stereocenters. The molecule has 78 valence electrons. The minimum Gasteiger partial charge on any atom is -0.359 e. The van der Waals surface area contributed by atoms with Crippen LogP contribution in [0.4, 0.5) is 0 Å². The molecule has 0 heterocycles. The number of hydrogen-bond acceptors (Lipinski definition) is 1. The molecular weight excluding hydrogens is 178 g/mol. The van der Waals surface area contributed by atoms with Gasteiger partial charge in [0.05, 0.1) is 8.07 Å². The maximum absolute atomic E-state index is 10.0. The van der Waals surface area contributed by atoms with Crippen molar-refractivity contribution in [2.45, 2.75) is 51.4 Å². The van der Waals surface area contributed by atoms with Crippen LogP contribution >= 0.6 is 0 Å². The Labute approximate surface area is 83.1 Å². The first kappa shape index (κ1) is 12.7. The van der Waals surface area contributed by atoms with E-state index in [2.05, 4.69) is 26.1 Å². The second-order valence-electron chi connectivity index (χ2n) is 3.74. The van der Waals surface area contributed by atoms with Gasteiger partial charge in [-0.2, -0.15) is 0 Å². The molecule has 0 rings (SSSR count). The lowest BCUT2D eigenvalue weighted by Crippen LogP contribution is -2.32. The number of carbonyl (C=O) groups is 1. The summed E-state index contributed by atoms with van der Waals surface area (Å²) >= 11 is 0. The van der Waals surface area contributed by atoms with Crippen LogP contribution in [0.3, 0.4) is 0 Å². The molecule has 0 aromatic carbocycles. The largest absolute Gasteiger partial charge is 0.359 e. The summed E-state index contributed by atoms with van der Waals surface area (Å²) in [5.41, 5.74) is 0. The first-order valence-corrected chi connectivity index (χ1v) is 8.24. The van der Waals surface area contributed by atoms with Gasteiger partial charge in [0.1, 0.15) is 0 Å². The molecule has 0 aliphatic heterocycles. The number of nitrogens with one attached hydrogen (secondary N) is 1. The predicted molar refractivity (Wildman–Crippen MR) is 60.7 cm³/mol. The van der Waals surface area contributed by atoms with Crippen molar-refractivity contribution in [3.05, 3.63) is 0 Å². The lowest BCUT2D eigenvalue weighted by Gasteiger charge is -2.27. The van der Waals surface area contributed by atoms with Gasteiger partial charge >= 0.3 is 0 Å². The van der Waals surface area contributed by atoms with Crippen LogP contribution in [0.25, 0.3) is 0 Å². The highest BCUT2D eigenvalue weighted by molar-refractivity contribution is 6.79. The van der Waals surface area contributed by atoms with E-state index < -0.39 is 8.07 Å². The van der Waals surface area contributed by atoms with Gasteiger partial charge < -0.3 is 5.32 Å². The molecule has 0 bridgehead atoms. The third-order valence-electron chi connectivity index (χ3n) is 3.36. The Hall–Kier alpha value is -0.313. The van der Waals surface area contributed by atoms with Gasteiger partial charge in [-0.1, -0.05) is 44.9 Å². The molecule has 0 saturated carbocycles. The highest BCUT2D eigenvalue weighted by Gasteiger charge is 2.25. The average Bonchev–Trinajstić information content (AvgIpc) is 2.20. The highest BCUT2D eigenvalue weighted by Crippen LogP contribution is 2.25. The summed E-state index contributed by atoms with van der Waals surface area (Å²) in [6, 6.07) is 5.54. The fraction of sp³-hybridized carbons (Fsp3) is 0.900. The van der Waals surface area contributed by atoms with Crippen LogP contribution in [0.2, 0.25) is 24.2 Å². The molecule has 1 amide bonds. The molecule has 2 nitrogen and oxygen atoms in total. The van der Waals surface area contributed by atoms with E-state index in [1.54, 1.807) is 0 Å². The zero-order valence-corrected chi connectivity index (χ0v) is 10.2. The molecule has 0 aromatic rings. The lowest BCUT2D eigenvalue weighted by atomic mass is 10.5. The summed E-state index contributed by atoms with van der Waals surface area (Å²) in [5.74, 6) is 0. The Morgan fingerprint density at radius 3 is 2.08 bits per heavy atom. The van der Waals surface area contributed by atoms with Crippen molar-refractivity contribution in [3.63, 3.8) is 0 Å². The van der Waals surface area contributed by atoms with E-state index in [-0.39, 0.29) is 0 Å². The van der Waals surface area contributed by atoms with Gasteiger partial charge in [0.25, 0.3) is 0 Å². The van der Waals surface area contributed by atoms with Crippen LogP contribution in [0.5, 0.6) is 0 Å². The SMILES string of the molecule is CC[Si](CC)(CC)CCCNC=O. The summed E-state index contributed by atoms with van der Waals surface area (Å²) in [5, 5.41) is 2.73. The van der Waals surface area contributed by atoms with Gasteiger partial charge in [-0.15, -0.1) is 0 Å². The van der Waals surface area contributed by atoms with Crippen molar-refractivity contribution in [3.8, 4) is 0 Å².